The van der Waals surface area contributed by atoms with Crippen LogP contribution in [0.25, 0.3) is 0 Å². The molecule has 1 aromatic heterocycles. The van der Waals surface area contributed by atoms with Crippen LogP contribution in [0.4, 0.5) is 10.5 Å². The normalized spacial score (nSPS) is 12.1. The molecule has 5 nitrogen and oxygen atoms in total. The minimum absolute atomic E-state index is 0.199. The summed E-state index contributed by atoms with van der Waals surface area (Å²) in [7, 11) is 0. The van der Waals surface area contributed by atoms with Gasteiger partial charge in [0.2, 0.25) is 0 Å². The van der Waals surface area contributed by atoms with Crippen molar-refractivity contribution in [2.45, 2.75) is 58.8 Å². The van der Waals surface area contributed by atoms with Crippen LogP contribution in [0.1, 0.15) is 57.0 Å². The molecule has 1 atom stereocenters. The van der Waals surface area contributed by atoms with Crippen LogP contribution in [0, 0.1) is 0 Å². The number of rotatable bonds is 8. The fraction of sp³-hybridized carbons (Fsp3) is 0.333. The van der Waals surface area contributed by atoms with Crippen molar-refractivity contribution >= 4 is 11.8 Å². The summed E-state index contributed by atoms with van der Waals surface area (Å²) in [4.78, 5) is 19.2. The number of nitrogens with zero attached hydrogens (tertiary/aromatic N) is 2. The summed E-state index contributed by atoms with van der Waals surface area (Å²) in [6.07, 6.45) is 2.19. The van der Waals surface area contributed by atoms with E-state index in [2.05, 4.69) is 64.8 Å². The average molecular weight is 432 g/mol. The lowest BCUT2D eigenvalue weighted by atomic mass is 10.1. The lowest BCUT2D eigenvalue weighted by molar-refractivity contribution is 0.0501. The first-order valence-corrected chi connectivity index (χ1v) is 11.1. The lowest BCUT2D eigenvalue weighted by Gasteiger charge is -2.26. The van der Waals surface area contributed by atoms with Gasteiger partial charge in [-0.1, -0.05) is 67.6 Å². The number of alkyl carbamates (subject to hydrolysis) is 1. The number of aromatic nitrogens is 1. The first-order chi connectivity index (χ1) is 15.3. The number of ether oxygens (including phenoxy) is 1. The van der Waals surface area contributed by atoms with E-state index in [4.69, 9.17) is 9.72 Å². The highest BCUT2D eigenvalue weighted by Crippen LogP contribution is 2.23. The molecule has 32 heavy (non-hydrogen) atoms. The van der Waals surface area contributed by atoms with Crippen molar-refractivity contribution in [3.63, 3.8) is 0 Å². The van der Waals surface area contributed by atoms with Crippen LogP contribution in [-0.2, 0) is 17.8 Å². The Morgan fingerprint density at radius 2 is 1.50 bits per heavy atom. The van der Waals surface area contributed by atoms with E-state index < -0.39 is 11.7 Å². The average Bonchev–Trinajstić information content (AvgIpc) is 2.77. The highest BCUT2D eigenvalue weighted by molar-refractivity contribution is 5.68. The Kier molecular flexibility index (Phi) is 7.87. The summed E-state index contributed by atoms with van der Waals surface area (Å²) in [5.41, 5.74) is 3.81. The zero-order valence-electron chi connectivity index (χ0n) is 19.4. The standard InChI is InChI=1S/C27H33N3O2/c1-5-24(29-26(31)32-27(2,3)4)25-17-16-23(18-28-25)30(19-21-12-8-6-9-13-21)20-22-14-10-7-11-15-22/h6-18,24H,5,19-20H2,1-4H3,(H,29,31). The molecule has 0 radical (unpaired) electrons. The second-order valence-electron chi connectivity index (χ2n) is 8.88. The minimum atomic E-state index is -0.533. The van der Waals surface area contributed by atoms with Crippen molar-refractivity contribution < 1.29 is 9.53 Å². The molecule has 0 spiro atoms. The van der Waals surface area contributed by atoms with E-state index in [-0.39, 0.29) is 6.04 Å². The zero-order valence-corrected chi connectivity index (χ0v) is 19.4. The number of hydrogen-bond donors (Lipinski definition) is 1. The molecule has 0 saturated heterocycles. The van der Waals surface area contributed by atoms with Crippen molar-refractivity contribution in [1.29, 1.82) is 0 Å². The van der Waals surface area contributed by atoms with Gasteiger partial charge in [-0.25, -0.2) is 4.79 Å². The molecule has 0 aliphatic rings. The van der Waals surface area contributed by atoms with Gasteiger partial charge in [-0.05, 0) is 50.5 Å². The van der Waals surface area contributed by atoms with Gasteiger partial charge in [0.15, 0.2) is 0 Å². The third-order valence-corrected chi connectivity index (χ3v) is 5.02. The van der Waals surface area contributed by atoms with E-state index in [1.165, 1.54) is 11.1 Å². The van der Waals surface area contributed by atoms with Gasteiger partial charge in [0.05, 0.1) is 23.6 Å². The Morgan fingerprint density at radius 1 is 0.938 bits per heavy atom. The van der Waals surface area contributed by atoms with E-state index in [1.54, 1.807) is 0 Å². The van der Waals surface area contributed by atoms with E-state index in [9.17, 15) is 4.79 Å². The molecule has 3 aromatic rings. The van der Waals surface area contributed by atoms with Gasteiger partial charge in [-0.3, -0.25) is 4.98 Å². The largest absolute Gasteiger partial charge is 0.444 e. The summed E-state index contributed by atoms with van der Waals surface area (Å²) in [5.74, 6) is 0. The van der Waals surface area contributed by atoms with E-state index in [0.29, 0.717) is 0 Å². The van der Waals surface area contributed by atoms with E-state index in [1.807, 2.05) is 52.1 Å². The molecule has 2 aromatic carbocycles. The van der Waals surface area contributed by atoms with Crippen LogP contribution in [-0.4, -0.2) is 16.7 Å². The highest BCUT2D eigenvalue weighted by Gasteiger charge is 2.20. The number of anilines is 1. The van der Waals surface area contributed by atoms with Gasteiger partial charge in [0, 0.05) is 13.1 Å². The molecule has 1 N–H and O–H groups in total. The number of amides is 1. The Morgan fingerprint density at radius 3 is 1.94 bits per heavy atom. The summed E-state index contributed by atoms with van der Waals surface area (Å²) in [5, 5.41) is 2.93. The van der Waals surface area contributed by atoms with E-state index >= 15 is 0 Å². The molecule has 5 heteroatoms. The smallest absolute Gasteiger partial charge is 0.408 e. The minimum Gasteiger partial charge on any atom is -0.444 e. The first kappa shape index (κ1) is 23.3. The van der Waals surface area contributed by atoms with Gasteiger partial charge >= 0.3 is 6.09 Å². The molecular formula is C27H33N3O2. The summed E-state index contributed by atoms with van der Waals surface area (Å²) >= 11 is 0. The van der Waals surface area contributed by atoms with Gasteiger partial charge in [0.25, 0.3) is 0 Å². The van der Waals surface area contributed by atoms with Crippen molar-refractivity contribution in [2.24, 2.45) is 0 Å². The van der Waals surface area contributed by atoms with Crippen LogP contribution < -0.4 is 10.2 Å². The molecule has 1 unspecified atom stereocenters. The molecule has 0 saturated carbocycles. The van der Waals surface area contributed by atoms with Gasteiger partial charge in [-0.2, -0.15) is 0 Å². The number of carbonyl (C=O) groups excluding carboxylic acids is 1. The number of pyridine rings is 1. The third-order valence-electron chi connectivity index (χ3n) is 5.02. The SMILES string of the molecule is CCC(NC(=O)OC(C)(C)C)c1ccc(N(Cc2ccccc2)Cc2ccccc2)cn1. The fourth-order valence-corrected chi connectivity index (χ4v) is 3.47. The fourth-order valence-electron chi connectivity index (χ4n) is 3.47. The maximum absolute atomic E-state index is 12.2. The van der Waals surface area contributed by atoms with Gasteiger partial charge < -0.3 is 15.0 Å². The maximum Gasteiger partial charge on any atom is 0.408 e. The molecule has 0 fully saturated rings. The predicted octanol–water partition coefficient (Wildman–Crippen LogP) is 6.26. The van der Waals surface area contributed by atoms with Crippen molar-refractivity contribution in [3.8, 4) is 0 Å². The van der Waals surface area contributed by atoms with Crippen molar-refractivity contribution in [2.75, 3.05) is 4.90 Å². The van der Waals surface area contributed by atoms with Crippen LogP contribution in [0.3, 0.4) is 0 Å². The first-order valence-electron chi connectivity index (χ1n) is 11.1. The summed E-state index contributed by atoms with van der Waals surface area (Å²) in [6, 6.07) is 24.7. The molecule has 168 valence electrons. The Labute approximate surface area is 191 Å². The quantitative estimate of drug-likeness (QED) is 0.457. The van der Waals surface area contributed by atoms with Gasteiger partial charge in [-0.15, -0.1) is 0 Å². The summed E-state index contributed by atoms with van der Waals surface area (Å²) < 4.78 is 5.40. The summed E-state index contributed by atoms with van der Waals surface area (Å²) in [6.45, 7) is 9.15. The van der Waals surface area contributed by atoms with Gasteiger partial charge in [0.1, 0.15) is 5.60 Å². The van der Waals surface area contributed by atoms with Crippen molar-refractivity contribution in [1.82, 2.24) is 10.3 Å². The van der Waals surface area contributed by atoms with Crippen LogP contribution >= 0.6 is 0 Å². The molecule has 1 heterocycles. The predicted molar refractivity (Wildman–Crippen MR) is 129 cm³/mol. The highest BCUT2D eigenvalue weighted by atomic mass is 16.6. The van der Waals surface area contributed by atoms with Crippen molar-refractivity contribution in [3.05, 3.63) is 95.8 Å². The second kappa shape index (κ2) is 10.8. The topological polar surface area (TPSA) is 54.5 Å². The number of nitrogens with one attached hydrogen (secondary N) is 1. The Hall–Kier alpha value is -3.34. The molecular weight excluding hydrogens is 398 g/mol. The number of carbonyl (C=O) groups is 1. The number of benzene rings is 2. The molecule has 3 rings (SSSR count). The molecule has 1 amide bonds. The maximum atomic E-state index is 12.2. The zero-order chi connectivity index (χ0) is 23.0. The monoisotopic (exact) mass is 431 g/mol. The van der Waals surface area contributed by atoms with Crippen LogP contribution in [0.2, 0.25) is 0 Å². The Bertz CT molecular complexity index is 926. The van der Waals surface area contributed by atoms with Crippen LogP contribution in [0.5, 0.6) is 0 Å². The lowest BCUT2D eigenvalue weighted by Crippen LogP contribution is -2.35. The van der Waals surface area contributed by atoms with Crippen LogP contribution in [0.15, 0.2) is 79.0 Å². The number of hydrogen-bond acceptors (Lipinski definition) is 4. The third kappa shape index (κ3) is 7.12. The molecule has 0 bridgehead atoms. The second-order valence-corrected chi connectivity index (χ2v) is 8.88. The van der Waals surface area contributed by atoms with E-state index in [0.717, 1.165) is 30.9 Å². The Balaban J connectivity index is 1.77. The molecule has 0 aliphatic heterocycles. The molecule has 0 aliphatic carbocycles.